The van der Waals surface area contributed by atoms with Crippen LogP contribution in [0.5, 0.6) is 5.88 Å². The Balaban J connectivity index is 1.98. The minimum absolute atomic E-state index is 0.0845. The predicted molar refractivity (Wildman–Crippen MR) is 88.2 cm³/mol. The predicted octanol–water partition coefficient (Wildman–Crippen LogP) is 2.64. The number of aryl methyl sites for hydroxylation is 1. The molecule has 138 valence electrons. The molecule has 0 saturated carbocycles. The van der Waals surface area contributed by atoms with Gasteiger partial charge in [0.2, 0.25) is 5.88 Å². The van der Waals surface area contributed by atoms with Crippen LogP contribution in [0, 0.1) is 0 Å². The third-order valence-corrected chi connectivity index (χ3v) is 3.84. The molecule has 0 spiro atoms. The molecule has 4 aromatic rings. The Labute approximate surface area is 150 Å². The fourth-order valence-corrected chi connectivity index (χ4v) is 2.61. The van der Waals surface area contributed by atoms with Crippen LogP contribution in [0.15, 0.2) is 36.8 Å². The minimum atomic E-state index is -4.51. The molecule has 8 nitrogen and oxygen atoms in total. The van der Waals surface area contributed by atoms with Gasteiger partial charge in [-0.15, -0.1) is 5.10 Å². The van der Waals surface area contributed by atoms with Gasteiger partial charge in [0.25, 0.3) is 0 Å². The Kier molecular flexibility index (Phi) is 3.79. The van der Waals surface area contributed by atoms with Gasteiger partial charge in [0.05, 0.1) is 30.8 Å². The molecule has 0 N–H and O–H groups in total. The van der Waals surface area contributed by atoms with Crippen molar-refractivity contribution in [2.24, 2.45) is 7.05 Å². The van der Waals surface area contributed by atoms with E-state index in [0.717, 1.165) is 12.3 Å². The molecule has 0 aliphatic rings. The van der Waals surface area contributed by atoms with E-state index < -0.39 is 11.7 Å². The van der Waals surface area contributed by atoms with Crippen LogP contribution in [0.4, 0.5) is 13.2 Å². The smallest absolute Gasteiger partial charge is 0.417 e. The normalized spacial score (nSPS) is 11.9. The van der Waals surface area contributed by atoms with Gasteiger partial charge in [-0.05, 0) is 12.1 Å². The highest BCUT2D eigenvalue weighted by Crippen LogP contribution is 2.32. The molecule has 0 radical (unpaired) electrons. The van der Waals surface area contributed by atoms with Crippen LogP contribution in [0.2, 0.25) is 0 Å². The van der Waals surface area contributed by atoms with Crippen molar-refractivity contribution in [3.8, 4) is 23.1 Å². The van der Waals surface area contributed by atoms with Crippen LogP contribution in [0.1, 0.15) is 5.56 Å². The molecule has 0 bridgehead atoms. The standard InChI is InChI=1S/C16H12F3N7O/c1-25-8-12(23-24-25)15-22-11-5-9(16(17,18)19)6-21-14(11)26(15)10-3-4-13(27-2)20-7-10/h3-8H,1-2H3. The maximum absolute atomic E-state index is 13.0. The average Bonchev–Trinajstić information content (AvgIpc) is 3.23. The van der Waals surface area contributed by atoms with Crippen LogP contribution < -0.4 is 4.74 Å². The van der Waals surface area contributed by atoms with E-state index in [2.05, 4.69) is 25.3 Å². The van der Waals surface area contributed by atoms with E-state index in [0.29, 0.717) is 23.1 Å². The molecule has 0 aliphatic carbocycles. The molecular weight excluding hydrogens is 363 g/mol. The topological polar surface area (TPSA) is 83.5 Å². The zero-order valence-electron chi connectivity index (χ0n) is 14.1. The Bertz CT molecular complexity index is 1120. The minimum Gasteiger partial charge on any atom is -0.481 e. The van der Waals surface area contributed by atoms with E-state index in [9.17, 15) is 13.2 Å². The summed E-state index contributed by atoms with van der Waals surface area (Å²) < 4.78 is 47.2. The summed E-state index contributed by atoms with van der Waals surface area (Å²) in [5.41, 5.74) is 0.390. The number of alkyl halides is 3. The number of pyridine rings is 2. The molecule has 0 aromatic carbocycles. The van der Waals surface area contributed by atoms with E-state index in [1.54, 1.807) is 29.9 Å². The highest BCUT2D eigenvalue weighted by molar-refractivity contribution is 5.79. The summed E-state index contributed by atoms with van der Waals surface area (Å²) in [4.78, 5) is 12.4. The second kappa shape index (κ2) is 6.04. The Morgan fingerprint density at radius 2 is 1.93 bits per heavy atom. The second-order valence-corrected chi connectivity index (χ2v) is 5.67. The monoisotopic (exact) mass is 375 g/mol. The maximum Gasteiger partial charge on any atom is 0.417 e. The van der Waals surface area contributed by atoms with Crippen molar-refractivity contribution in [2.45, 2.75) is 6.18 Å². The summed E-state index contributed by atoms with van der Waals surface area (Å²) in [6.07, 6.45) is -0.615. The first-order valence-electron chi connectivity index (χ1n) is 7.69. The Morgan fingerprint density at radius 3 is 2.52 bits per heavy atom. The number of ether oxygens (including phenoxy) is 1. The second-order valence-electron chi connectivity index (χ2n) is 5.67. The highest BCUT2D eigenvalue weighted by atomic mass is 19.4. The number of fused-ring (bicyclic) bond motifs is 1. The number of hydrogen-bond acceptors (Lipinski definition) is 6. The lowest BCUT2D eigenvalue weighted by molar-refractivity contribution is -0.137. The molecule has 0 saturated heterocycles. The van der Waals surface area contributed by atoms with Crippen molar-refractivity contribution in [3.05, 3.63) is 42.4 Å². The lowest BCUT2D eigenvalue weighted by Gasteiger charge is -2.08. The summed E-state index contributed by atoms with van der Waals surface area (Å²) in [6.45, 7) is 0. The summed E-state index contributed by atoms with van der Waals surface area (Å²) >= 11 is 0. The van der Waals surface area contributed by atoms with Gasteiger partial charge < -0.3 is 4.74 Å². The molecule has 0 unspecified atom stereocenters. The Morgan fingerprint density at radius 1 is 1.11 bits per heavy atom. The molecule has 0 amide bonds. The lowest BCUT2D eigenvalue weighted by Crippen LogP contribution is -2.06. The molecule has 0 atom stereocenters. The van der Waals surface area contributed by atoms with E-state index in [1.807, 2.05) is 0 Å². The molecule has 27 heavy (non-hydrogen) atoms. The number of rotatable bonds is 3. The summed E-state index contributed by atoms with van der Waals surface area (Å²) in [7, 11) is 3.16. The Hall–Kier alpha value is -3.50. The molecule has 11 heteroatoms. The van der Waals surface area contributed by atoms with Crippen molar-refractivity contribution >= 4 is 11.2 Å². The van der Waals surface area contributed by atoms with Gasteiger partial charge in [0, 0.05) is 19.3 Å². The molecule has 0 fully saturated rings. The summed E-state index contributed by atoms with van der Waals surface area (Å²) in [5.74, 6) is 0.702. The van der Waals surface area contributed by atoms with E-state index in [-0.39, 0.29) is 11.2 Å². The van der Waals surface area contributed by atoms with Crippen LogP contribution in [-0.2, 0) is 13.2 Å². The van der Waals surface area contributed by atoms with Gasteiger partial charge in [-0.25, -0.2) is 15.0 Å². The average molecular weight is 375 g/mol. The lowest BCUT2D eigenvalue weighted by atomic mass is 10.2. The van der Waals surface area contributed by atoms with Crippen LogP contribution in [0.3, 0.4) is 0 Å². The van der Waals surface area contributed by atoms with Crippen molar-refractivity contribution in [1.29, 1.82) is 0 Å². The number of nitrogens with zero attached hydrogens (tertiary/aromatic N) is 7. The zero-order chi connectivity index (χ0) is 19.2. The van der Waals surface area contributed by atoms with Gasteiger partial charge in [0.15, 0.2) is 11.5 Å². The molecule has 4 heterocycles. The van der Waals surface area contributed by atoms with Gasteiger partial charge in [0.1, 0.15) is 11.2 Å². The van der Waals surface area contributed by atoms with E-state index >= 15 is 0 Å². The number of imidazole rings is 1. The number of aromatic nitrogens is 7. The molecule has 4 rings (SSSR count). The van der Waals surface area contributed by atoms with Gasteiger partial charge in [-0.2, -0.15) is 13.2 Å². The first-order chi connectivity index (χ1) is 12.9. The van der Waals surface area contributed by atoms with Crippen molar-refractivity contribution < 1.29 is 17.9 Å². The quantitative estimate of drug-likeness (QED) is 0.547. The van der Waals surface area contributed by atoms with Crippen molar-refractivity contribution in [2.75, 3.05) is 7.11 Å². The van der Waals surface area contributed by atoms with Gasteiger partial charge in [-0.3, -0.25) is 9.25 Å². The third kappa shape index (κ3) is 2.96. The van der Waals surface area contributed by atoms with Gasteiger partial charge >= 0.3 is 6.18 Å². The fourth-order valence-electron chi connectivity index (χ4n) is 2.61. The maximum atomic E-state index is 13.0. The summed E-state index contributed by atoms with van der Waals surface area (Å²) in [5, 5.41) is 7.87. The molecule has 0 aliphatic heterocycles. The highest BCUT2D eigenvalue weighted by Gasteiger charge is 2.32. The number of halogens is 3. The first kappa shape index (κ1) is 16.9. The van der Waals surface area contributed by atoms with Crippen LogP contribution in [0.25, 0.3) is 28.4 Å². The van der Waals surface area contributed by atoms with Crippen LogP contribution in [-0.4, -0.2) is 41.6 Å². The van der Waals surface area contributed by atoms with E-state index in [1.165, 1.54) is 18.0 Å². The number of methoxy groups -OCH3 is 1. The number of hydrogen-bond donors (Lipinski definition) is 0. The van der Waals surface area contributed by atoms with Gasteiger partial charge in [-0.1, -0.05) is 5.21 Å². The fraction of sp³-hybridized carbons (Fsp3) is 0.188. The first-order valence-corrected chi connectivity index (χ1v) is 7.69. The van der Waals surface area contributed by atoms with Crippen molar-refractivity contribution in [3.63, 3.8) is 0 Å². The van der Waals surface area contributed by atoms with Crippen molar-refractivity contribution in [1.82, 2.24) is 34.5 Å². The zero-order valence-corrected chi connectivity index (χ0v) is 14.1. The SMILES string of the molecule is COc1ccc(-n2c(-c3cn(C)nn3)nc3cc(C(F)(F)F)cnc32)cn1. The largest absolute Gasteiger partial charge is 0.481 e. The molecule has 4 aromatic heterocycles. The van der Waals surface area contributed by atoms with Crippen LogP contribution >= 0.6 is 0 Å². The third-order valence-electron chi connectivity index (χ3n) is 3.84. The van der Waals surface area contributed by atoms with E-state index in [4.69, 9.17) is 4.74 Å². The summed E-state index contributed by atoms with van der Waals surface area (Å²) in [6, 6.07) is 4.29. The molecular formula is C16H12F3N7O.